The summed E-state index contributed by atoms with van der Waals surface area (Å²) in [7, 11) is 0. The highest BCUT2D eigenvalue weighted by atomic mass is 16.3. The number of hydrogen-bond donors (Lipinski definition) is 1. The number of hydrogen-bond acceptors (Lipinski definition) is 3. The molecule has 2 aromatic rings. The molecule has 0 atom stereocenters. The van der Waals surface area contributed by atoms with Crippen LogP contribution in [0.3, 0.4) is 0 Å². The number of rotatable bonds is 3. The van der Waals surface area contributed by atoms with Crippen molar-refractivity contribution in [3.8, 4) is 0 Å². The van der Waals surface area contributed by atoms with Crippen LogP contribution in [-0.2, 0) is 4.79 Å². The van der Waals surface area contributed by atoms with Gasteiger partial charge in [-0.05, 0) is 37.0 Å². The first-order valence-electron chi connectivity index (χ1n) is 7.32. The van der Waals surface area contributed by atoms with E-state index < -0.39 is 0 Å². The van der Waals surface area contributed by atoms with Crippen molar-refractivity contribution in [2.45, 2.75) is 12.8 Å². The number of carbonyl (C=O) groups is 1. The summed E-state index contributed by atoms with van der Waals surface area (Å²) in [6.45, 7) is 1.65. The number of amides is 1. The highest BCUT2D eigenvalue weighted by Crippen LogP contribution is 2.20. The lowest BCUT2D eigenvalue weighted by Crippen LogP contribution is -2.38. The highest BCUT2D eigenvalue weighted by Gasteiger charge is 2.20. The van der Waals surface area contributed by atoms with Crippen molar-refractivity contribution >= 4 is 23.0 Å². The second kappa shape index (κ2) is 6.14. The number of furan rings is 1. The highest BCUT2D eigenvalue weighted by molar-refractivity contribution is 5.92. The van der Waals surface area contributed by atoms with Crippen molar-refractivity contribution in [3.05, 3.63) is 42.2 Å². The Labute approximate surface area is 123 Å². The molecule has 1 aliphatic heterocycles. The van der Waals surface area contributed by atoms with E-state index in [1.54, 1.807) is 12.2 Å². The molecule has 0 saturated carbocycles. The lowest BCUT2D eigenvalue weighted by molar-refractivity contribution is -0.127. The van der Waals surface area contributed by atoms with E-state index in [2.05, 4.69) is 0 Å². The smallest absolute Gasteiger partial charge is 0.246 e. The quantitative estimate of drug-likeness (QED) is 0.882. The normalized spacial score (nSPS) is 16.9. The molecule has 0 aliphatic carbocycles. The minimum absolute atomic E-state index is 0.00634. The number of fused-ring (bicyclic) bond motifs is 1. The molecule has 1 aliphatic rings. The van der Waals surface area contributed by atoms with E-state index in [0.29, 0.717) is 24.8 Å². The maximum atomic E-state index is 12.1. The maximum absolute atomic E-state index is 12.1. The molecular formula is C17H19NO3. The number of aliphatic hydroxyl groups is 1. The minimum Gasteiger partial charge on any atom is -0.457 e. The van der Waals surface area contributed by atoms with Gasteiger partial charge in [0.1, 0.15) is 11.3 Å². The van der Waals surface area contributed by atoms with Crippen LogP contribution >= 0.6 is 0 Å². The van der Waals surface area contributed by atoms with Crippen LogP contribution in [-0.4, -0.2) is 35.6 Å². The lowest BCUT2D eigenvalue weighted by atomic mass is 9.98. The number of para-hydroxylation sites is 1. The molecule has 1 amide bonds. The Kier molecular flexibility index (Phi) is 4.06. The number of aliphatic hydroxyl groups excluding tert-OH is 1. The standard InChI is InChI=1S/C17H19NO3/c19-12-13-7-9-18(10-8-13)17(20)6-5-15-11-14-3-1-2-4-16(14)21-15/h1-6,11,13,19H,7-10,12H2/b6-5+. The number of likely N-dealkylation sites (tertiary alicyclic amines) is 1. The Morgan fingerprint density at radius 2 is 2.10 bits per heavy atom. The summed E-state index contributed by atoms with van der Waals surface area (Å²) in [6, 6.07) is 9.71. The summed E-state index contributed by atoms with van der Waals surface area (Å²) in [6.07, 6.45) is 5.04. The molecule has 1 fully saturated rings. The van der Waals surface area contributed by atoms with Gasteiger partial charge in [0.15, 0.2) is 0 Å². The molecule has 4 heteroatoms. The second-order valence-electron chi connectivity index (χ2n) is 5.47. The zero-order valence-corrected chi connectivity index (χ0v) is 11.9. The first-order chi connectivity index (χ1) is 10.3. The summed E-state index contributed by atoms with van der Waals surface area (Å²) >= 11 is 0. The summed E-state index contributed by atoms with van der Waals surface area (Å²) in [5.74, 6) is 1.04. The number of nitrogens with zero attached hydrogens (tertiary/aromatic N) is 1. The van der Waals surface area contributed by atoms with E-state index in [0.717, 1.165) is 23.8 Å². The van der Waals surface area contributed by atoms with Crippen molar-refractivity contribution in [1.29, 1.82) is 0 Å². The summed E-state index contributed by atoms with van der Waals surface area (Å²) in [5.41, 5.74) is 0.827. The number of piperidine rings is 1. The van der Waals surface area contributed by atoms with Crippen LogP contribution in [0.4, 0.5) is 0 Å². The summed E-state index contributed by atoms with van der Waals surface area (Å²) in [4.78, 5) is 13.9. The van der Waals surface area contributed by atoms with E-state index in [1.165, 1.54) is 0 Å². The van der Waals surface area contributed by atoms with Crippen LogP contribution in [0.5, 0.6) is 0 Å². The minimum atomic E-state index is 0.00634. The van der Waals surface area contributed by atoms with Gasteiger partial charge in [0.2, 0.25) is 5.91 Å². The van der Waals surface area contributed by atoms with Crippen LogP contribution in [0.2, 0.25) is 0 Å². The van der Waals surface area contributed by atoms with E-state index in [9.17, 15) is 4.79 Å². The Balaban J connectivity index is 1.64. The number of benzene rings is 1. The third-order valence-corrected chi connectivity index (χ3v) is 4.02. The third kappa shape index (κ3) is 3.16. The van der Waals surface area contributed by atoms with Gasteiger partial charge in [-0.1, -0.05) is 18.2 Å². The third-order valence-electron chi connectivity index (χ3n) is 4.02. The van der Waals surface area contributed by atoms with Crippen LogP contribution in [0.25, 0.3) is 17.0 Å². The van der Waals surface area contributed by atoms with E-state index >= 15 is 0 Å². The van der Waals surface area contributed by atoms with Gasteiger partial charge in [0.25, 0.3) is 0 Å². The molecule has 110 valence electrons. The predicted octanol–water partition coefficient (Wildman–Crippen LogP) is 2.68. The maximum Gasteiger partial charge on any atom is 0.246 e. The van der Waals surface area contributed by atoms with Crippen LogP contribution in [0, 0.1) is 5.92 Å². The molecule has 1 saturated heterocycles. The monoisotopic (exact) mass is 285 g/mol. The van der Waals surface area contributed by atoms with Gasteiger partial charge in [0.05, 0.1) is 0 Å². The first kappa shape index (κ1) is 13.9. The van der Waals surface area contributed by atoms with Crippen LogP contribution in [0.15, 0.2) is 40.8 Å². The summed E-state index contributed by atoms with van der Waals surface area (Å²) in [5, 5.41) is 10.1. The van der Waals surface area contributed by atoms with Crippen molar-refractivity contribution in [1.82, 2.24) is 4.90 Å². The molecule has 21 heavy (non-hydrogen) atoms. The van der Waals surface area contributed by atoms with Gasteiger partial charge in [0, 0.05) is 31.2 Å². The fourth-order valence-corrected chi connectivity index (χ4v) is 2.68. The molecule has 1 aromatic heterocycles. The zero-order valence-electron chi connectivity index (χ0n) is 11.9. The SMILES string of the molecule is O=C(/C=C/c1cc2ccccc2o1)N1CCC(CO)CC1. The first-order valence-corrected chi connectivity index (χ1v) is 7.32. The van der Waals surface area contributed by atoms with Crippen molar-refractivity contribution < 1.29 is 14.3 Å². The van der Waals surface area contributed by atoms with Crippen molar-refractivity contribution in [2.75, 3.05) is 19.7 Å². The Morgan fingerprint density at radius 1 is 1.33 bits per heavy atom. The fraction of sp³-hybridized carbons (Fsp3) is 0.353. The average Bonchev–Trinajstić information content (AvgIpc) is 2.95. The Morgan fingerprint density at radius 3 is 2.81 bits per heavy atom. The van der Waals surface area contributed by atoms with Gasteiger partial charge in [-0.3, -0.25) is 4.79 Å². The van der Waals surface area contributed by atoms with Crippen molar-refractivity contribution in [3.63, 3.8) is 0 Å². The average molecular weight is 285 g/mol. The molecular weight excluding hydrogens is 266 g/mol. The van der Waals surface area contributed by atoms with Gasteiger partial charge in [-0.25, -0.2) is 0 Å². The largest absolute Gasteiger partial charge is 0.457 e. The molecule has 0 unspecified atom stereocenters. The van der Waals surface area contributed by atoms with Crippen LogP contribution < -0.4 is 0 Å². The van der Waals surface area contributed by atoms with E-state index in [4.69, 9.17) is 9.52 Å². The van der Waals surface area contributed by atoms with Gasteiger partial charge < -0.3 is 14.4 Å². The van der Waals surface area contributed by atoms with Crippen LogP contribution in [0.1, 0.15) is 18.6 Å². The van der Waals surface area contributed by atoms with Gasteiger partial charge >= 0.3 is 0 Å². The van der Waals surface area contributed by atoms with E-state index in [-0.39, 0.29) is 12.5 Å². The molecule has 0 radical (unpaired) electrons. The molecule has 1 aromatic carbocycles. The molecule has 2 heterocycles. The Bertz CT molecular complexity index is 618. The molecule has 0 bridgehead atoms. The molecule has 3 rings (SSSR count). The van der Waals surface area contributed by atoms with E-state index in [1.807, 2.05) is 35.2 Å². The Hall–Kier alpha value is -2.07. The molecule has 1 N–H and O–H groups in total. The molecule has 0 spiro atoms. The zero-order chi connectivity index (χ0) is 14.7. The van der Waals surface area contributed by atoms with Gasteiger partial charge in [-0.2, -0.15) is 0 Å². The number of carbonyl (C=O) groups excluding carboxylic acids is 1. The summed E-state index contributed by atoms with van der Waals surface area (Å²) < 4.78 is 5.65. The van der Waals surface area contributed by atoms with Gasteiger partial charge in [-0.15, -0.1) is 0 Å². The molecule has 4 nitrogen and oxygen atoms in total. The predicted molar refractivity (Wildman–Crippen MR) is 81.6 cm³/mol. The lowest BCUT2D eigenvalue weighted by Gasteiger charge is -2.30. The second-order valence-corrected chi connectivity index (χ2v) is 5.47. The topological polar surface area (TPSA) is 53.7 Å². The van der Waals surface area contributed by atoms with Crippen molar-refractivity contribution in [2.24, 2.45) is 5.92 Å². The fourth-order valence-electron chi connectivity index (χ4n) is 2.68.